The molecule has 1 aliphatic rings. The van der Waals surface area contributed by atoms with Gasteiger partial charge in [-0.1, -0.05) is 52.4 Å². The van der Waals surface area contributed by atoms with E-state index in [1.54, 1.807) is 0 Å². The molecule has 0 spiro atoms. The molecule has 0 amide bonds. The molecule has 0 heteroatoms. The fourth-order valence-electron chi connectivity index (χ4n) is 1.98. The molecule has 1 rings (SSSR count). The first-order valence-corrected chi connectivity index (χ1v) is 4.80. The van der Waals surface area contributed by atoms with Gasteiger partial charge in [0.2, 0.25) is 0 Å². The van der Waals surface area contributed by atoms with Crippen LogP contribution in [0.25, 0.3) is 0 Å². The summed E-state index contributed by atoms with van der Waals surface area (Å²) in [6, 6.07) is 0. The van der Waals surface area contributed by atoms with Crippen LogP contribution in [0.2, 0.25) is 0 Å². The Labute approximate surface area is 65.0 Å². The highest BCUT2D eigenvalue weighted by Crippen LogP contribution is 2.28. The van der Waals surface area contributed by atoms with Gasteiger partial charge >= 0.3 is 0 Å². The molecule has 1 saturated carbocycles. The summed E-state index contributed by atoms with van der Waals surface area (Å²) >= 11 is 0. The van der Waals surface area contributed by atoms with Crippen LogP contribution in [0.15, 0.2) is 0 Å². The fourth-order valence-corrected chi connectivity index (χ4v) is 1.98. The standard InChI is InChI=1S/C10H20/c1-9(2)10-7-5-3-4-6-8-10/h9-10H,3-8H2,1-2H3. The van der Waals surface area contributed by atoms with Crippen LogP contribution in [0.5, 0.6) is 0 Å². The van der Waals surface area contributed by atoms with Gasteiger partial charge in [0.1, 0.15) is 0 Å². The summed E-state index contributed by atoms with van der Waals surface area (Å²) in [6.45, 7) is 4.74. The van der Waals surface area contributed by atoms with Crippen molar-refractivity contribution in [3.8, 4) is 0 Å². The van der Waals surface area contributed by atoms with Crippen molar-refractivity contribution in [2.45, 2.75) is 52.4 Å². The second-order valence-electron chi connectivity index (χ2n) is 4.00. The summed E-state index contributed by atoms with van der Waals surface area (Å²) in [7, 11) is 0. The maximum atomic E-state index is 2.37. The van der Waals surface area contributed by atoms with Crippen LogP contribution in [0.4, 0.5) is 0 Å². The quantitative estimate of drug-likeness (QED) is 0.488. The molecule has 60 valence electrons. The molecule has 0 radical (unpaired) electrons. The lowest BCUT2D eigenvalue weighted by molar-refractivity contribution is 0.342. The minimum atomic E-state index is 0.929. The van der Waals surface area contributed by atoms with Gasteiger partial charge in [0.05, 0.1) is 0 Å². The molecule has 0 saturated heterocycles. The van der Waals surface area contributed by atoms with Crippen molar-refractivity contribution >= 4 is 0 Å². The van der Waals surface area contributed by atoms with Crippen molar-refractivity contribution in [1.82, 2.24) is 0 Å². The summed E-state index contributed by atoms with van der Waals surface area (Å²) in [5, 5.41) is 0. The molecule has 0 aromatic carbocycles. The molecular formula is C10H20. The topological polar surface area (TPSA) is 0 Å². The highest BCUT2D eigenvalue weighted by molar-refractivity contribution is 4.66. The number of hydrogen-bond acceptors (Lipinski definition) is 0. The van der Waals surface area contributed by atoms with E-state index in [0.29, 0.717) is 0 Å². The van der Waals surface area contributed by atoms with Crippen molar-refractivity contribution in [2.24, 2.45) is 11.8 Å². The Morgan fingerprint density at radius 2 is 1.40 bits per heavy atom. The summed E-state index contributed by atoms with van der Waals surface area (Å²) < 4.78 is 0. The van der Waals surface area contributed by atoms with E-state index in [1.807, 2.05) is 0 Å². The molecule has 0 N–H and O–H groups in total. The average molecular weight is 140 g/mol. The first-order valence-electron chi connectivity index (χ1n) is 4.80. The summed E-state index contributed by atoms with van der Waals surface area (Å²) in [4.78, 5) is 0. The fraction of sp³-hybridized carbons (Fsp3) is 1.00. The normalized spacial score (nSPS) is 23.1. The predicted molar refractivity (Wildman–Crippen MR) is 46.0 cm³/mol. The van der Waals surface area contributed by atoms with Crippen molar-refractivity contribution in [2.75, 3.05) is 0 Å². The van der Waals surface area contributed by atoms with Gasteiger partial charge in [-0.25, -0.2) is 0 Å². The SMILES string of the molecule is CC(C)C1CCCCCC1. The molecule has 0 unspecified atom stereocenters. The third-order valence-electron chi connectivity index (χ3n) is 2.84. The molecule has 10 heavy (non-hydrogen) atoms. The second-order valence-corrected chi connectivity index (χ2v) is 4.00. The van der Waals surface area contributed by atoms with Crippen LogP contribution < -0.4 is 0 Å². The van der Waals surface area contributed by atoms with Gasteiger partial charge in [-0.2, -0.15) is 0 Å². The second kappa shape index (κ2) is 4.00. The van der Waals surface area contributed by atoms with E-state index in [2.05, 4.69) is 13.8 Å². The van der Waals surface area contributed by atoms with Crippen molar-refractivity contribution < 1.29 is 0 Å². The zero-order chi connectivity index (χ0) is 7.40. The predicted octanol–water partition coefficient (Wildman–Crippen LogP) is 3.61. The largest absolute Gasteiger partial charge is 0.0625 e. The molecule has 0 atom stereocenters. The summed E-state index contributed by atoms with van der Waals surface area (Å²) in [5.74, 6) is 1.97. The lowest BCUT2D eigenvalue weighted by Crippen LogP contribution is -2.06. The lowest BCUT2D eigenvalue weighted by atomic mass is 9.89. The number of hydrogen-bond donors (Lipinski definition) is 0. The Morgan fingerprint density at radius 3 is 1.80 bits per heavy atom. The first-order chi connectivity index (χ1) is 4.80. The molecule has 1 aliphatic carbocycles. The summed E-state index contributed by atoms with van der Waals surface area (Å²) in [5.41, 5.74) is 0. The molecule has 0 bridgehead atoms. The Bertz CT molecular complexity index is 76.0. The molecule has 0 aromatic rings. The highest BCUT2D eigenvalue weighted by Gasteiger charge is 2.14. The zero-order valence-corrected chi connectivity index (χ0v) is 7.40. The van der Waals surface area contributed by atoms with Crippen LogP contribution in [-0.2, 0) is 0 Å². The smallest absolute Gasteiger partial charge is 0.0391 e. The minimum Gasteiger partial charge on any atom is -0.0625 e. The molecule has 0 aliphatic heterocycles. The van der Waals surface area contributed by atoms with Gasteiger partial charge < -0.3 is 0 Å². The van der Waals surface area contributed by atoms with E-state index < -0.39 is 0 Å². The first kappa shape index (κ1) is 8.10. The molecule has 0 nitrogen and oxygen atoms in total. The van der Waals surface area contributed by atoms with Crippen LogP contribution in [0.3, 0.4) is 0 Å². The van der Waals surface area contributed by atoms with E-state index in [4.69, 9.17) is 0 Å². The van der Waals surface area contributed by atoms with Crippen LogP contribution in [-0.4, -0.2) is 0 Å². The maximum Gasteiger partial charge on any atom is -0.0391 e. The van der Waals surface area contributed by atoms with Gasteiger partial charge in [-0.15, -0.1) is 0 Å². The van der Waals surface area contributed by atoms with E-state index in [0.717, 1.165) is 11.8 Å². The monoisotopic (exact) mass is 140 g/mol. The van der Waals surface area contributed by atoms with Gasteiger partial charge in [0.15, 0.2) is 0 Å². The van der Waals surface area contributed by atoms with Gasteiger partial charge in [0.25, 0.3) is 0 Å². The molecule has 0 heterocycles. The van der Waals surface area contributed by atoms with Crippen molar-refractivity contribution in [3.63, 3.8) is 0 Å². The van der Waals surface area contributed by atoms with Gasteiger partial charge in [0, 0.05) is 0 Å². The van der Waals surface area contributed by atoms with Crippen LogP contribution in [0.1, 0.15) is 52.4 Å². The Hall–Kier alpha value is 0. The molecule has 1 fully saturated rings. The Kier molecular flexibility index (Phi) is 3.24. The third-order valence-corrected chi connectivity index (χ3v) is 2.84. The van der Waals surface area contributed by atoms with E-state index in [9.17, 15) is 0 Å². The van der Waals surface area contributed by atoms with Crippen molar-refractivity contribution in [3.05, 3.63) is 0 Å². The van der Waals surface area contributed by atoms with Gasteiger partial charge in [-0.05, 0) is 11.8 Å². The highest BCUT2D eigenvalue weighted by atomic mass is 14.2. The zero-order valence-electron chi connectivity index (χ0n) is 7.40. The van der Waals surface area contributed by atoms with E-state index in [1.165, 1.54) is 38.5 Å². The number of rotatable bonds is 1. The lowest BCUT2D eigenvalue weighted by Gasteiger charge is -2.17. The van der Waals surface area contributed by atoms with E-state index >= 15 is 0 Å². The van der Waals surface area contributed by atoms with E-state index in [-0.39, 0.29) is 0 Å². The molecule has 0 aromatic heterocycles. The minimum absolute atomic E-state index is 0.929. The summed E-state index contributed by atoms with van der Waals surface area (Å²) in [6.07, 6.45) is 8.95. The van der Waals surface area contributed by atoms with Gasteiger partial charge in [-0.3, -0.25) is 0 Å². The third kappa shape index (κ3) is 2.32. The Balaban J connectivity index is 2.28. The van der Waals surface area contributed by atoms with Crippen LogP contribution >= 0.6 is 0 Å². The Morgan fingerprint density at radius 1 is 0.900 bits per heavy atom. The van der Waals surface area contributed by atoms with Crippen LogP contribution in [0, 0.1) is 11.8 Å². The van der Waals surface area contributed by atoms with Crippen molar-refractivity contribution in [1.29, 1.82) is 0 Å². The molecular weight excluding hydrogens is 120 g/mol. The maximum absolute atomic E-state index is 2.37. The average Bonchev–Trinajstić information content (AvgIpc) is 2.12.